The van der Waals surface area contributed by atoms with Gasteiger partial charge in [-0.05, 0) is 0 Å². The van der Waals surface area contributed by atoms with Crippen LogP contribution >= 0.6 is 8.60 Å². The van der Waals surface area contributed by atoms with Crippen molar-refractivity contribution in [1.29, 1.82) is 0 Å². The van der Waals surface area contributed by atoms with Gasteiger partial charge in [0, 0.05) is 0 Å². The van der Waals surface area contributed by atoms with Crippen LogP contribution in [0.25, 0.3) is 0 Å². The third-order valence-electron chi connectivity index (χ3n) is 0.670. The molecule has 0 radical (unpaired) electrons. The van der Waals surface area contributed by atoms with Gasteiger partial charge < -0.3 is 24.2 Å². The fraction of sp³-hybridized carbons (Fsp3) is 0.500. The first-order valence-corrected chi connectivity index (χ1v) is 4.93. The molecule has 0 bridgehead atoms. The standard InChI is InChI=1S/C4H11O5P.2C2H4/c5-1-2-8-3-4-9-10(6)7;2*1-2/h5-7H,1-4H2;2*1-2H2. The lowest BCUT2D eigenvalue weighted by molar-refractivity contribution is 0.0674. The molecule has 0 aliphatic heterocycles. The van der Waals surface area contributed by atoms with E-state index < -0.39 is 8.60 Å². The minimum Gasteiger partial charge on any atom is -0.394 e. The van der Waals surface area contributed by atoms with Gasteiger partial charge in [-0.25, -0.2) is 0 Å². The van der Waals surface area contributed by atoms with Crippen molar-refractivity contribution in [1.82, 2.24) is 0 Å². The van der Waals surface area contributed by atoms with Gasteiger partial charge >= 0.3 is 8.60 Å². The fourth-order valence-electron chi connectivity index (χ4n) is 0.344. The maximum absolute atomic E-state index is 8.21. The second-order valence-electron chi connectivity index (χ2n) is 1.42. The lowest BCUT2D eigenvalue weighted by atomic mass is 10.7. The van der Waals surface area contributed by atoms with Gasteiger partial charge in [0.15, 0.2) is 0 Å². The fourth-order valence-corrected chi connectivity index (χ4v) is 0.582. The van der Waals surface area contributed by atoms with Crippen molar-refractivity contribution in [3.8, 4) is 0 Å². The molecule has 0 saturated carbocycles. The topological polar surface area (TPSA) is 79.2 Å². The van der Waals surface area contributed by atoms with E-state index in [9.17, 15) is 0 Å². The first-order chi connectivity index (χ1) is 6.77. The molecule has 0 aromatic heterocycles. The molecular weight excluding hydrogens is 207 g/mol. The minimum atomic E-state index is -2.26. The van der Waals surface area contributed by atoms with Crippen molar-refractivity contribution < 1.29 is 24.2 Å². The number of aliphatic hydroxyl groups excluding tert-OH is 1. The number of rotatable bonds is 6. The summed E-state index contributed by atoms with van der Waals surface area (Å²) in [5.41, 5.74) is 0. The van der Waals surface area contributed by atoms with Crippen LogP contribution in [0.4, 0.5) is 0 Å². The van der Waals surface area contributed by atoms with Crippen LogP contribution in [0.1, 0.15) is 0 Å². The largest absolute Gasteiger partial charge is 0.394 e. The Morgan fingerprint density at radius 3 is 1.79 bits per heavy atom. The van der Waals surface area contributed by atoms with E-state index in [1.165, 1.54) is 0 Å². The van der Waals surface area contributed by atoms with Crippen molar-refractivity contribution in [2.75, 3.05) is 26.4 Å². The predicted octanol–water partition coefficient (Wildman–Crippen LogP) is 0.828. The van der Waals surface area contributed by atoms with Gasteiger partial charge in [0.1, 0.15) is 0 Å². The summed E-state index contributed by atoms with van der Waals surface area (Å²) in [5, 5.41) is 8.21. The SMILES string of the molecule is C=C.C=C.OCCOCCOP(O)O. The zero-order chi connectivity index (χ0) is 11.8. The zero-order valence-electron chi connectivity index (χ0n) is 8.26. The van der Waals surface area contributed by atoms with Gasteiger partial charge in [0.05, 0.1) is 26.4 Å². The summed E-state index contributed by atoms with van der Waals surface area (Å²) in [6.45, 7) is 12.6. The third-order valence-corrected chi connectivity index (χ3v) is 1.08. The lowest BCUT2D eigenvalue weighted by Gasteiger charge is -2.03. The van der Waals surface area contributed by atoms with Gasteiger partial charge in [-0.15, -0.1) is 26.3 Å². The molecule has 6 heteroatoms. The Hall–Kier alpha value is -0.290. The molecule has 86 valence electrons. The highest BCUT2D eigenvalue weighted by molar-refractivity contribution is 7.39. The highest BCUT2D eigenvalue weighted by Gasteiger charge is 1.96. The molecule has 0 aliphatic rings. The number of hydrogen-bond acceptors (Lipinski definition) is 5. The normalized spacial score (nSPS) is 8.29. The Kier molecular flexibility index (Phi) is 31.7. The van der Waals surface area contributed by atoms with Crippen molar-refractivity contribution in [2.45, 2.75) is 0 Å². The third kappa shape index (κ3) is 29.8. The van der Waals surface area contributed by atoms with Crippen LogP contribution in [0.15, 0.2) is 26.3 Å². The van der Waals surface area contributed by atoms with Gasteiger partial charge in [-0.3, -0.25) is 0 Å². The van der Waals surface area contributed by atoms with Crippen LogP contribution in [0.3, 0.4) is 0 Å². The first-order valence-electron chi connectivity index (χ1n) is 3.76. The van der Waals surface area contributed by atoms with E-state index in [1.807, 2.05) is 0 Å². The van der Waals surface area contributed by atoms with E-state index in [0.717, 1.165) is 0 Å². The van der Waals surface area contributed by atoms with Crippen LogP contribution in [0.5, 0.6) is 0 Å². The Labute approximate surface area is 86.3 Å². The van der Waals surface area contributed by atoms with Gasteiger partial charge in [0.25, 0.3) is 0 Å². The summed E-state index contributed by atoms with van der Waals surface area (Å²) in [5.74, 6) is 0. The van der Waals surface area contributed by atoms with Crippen LogP contribution in [-0.2, 0) is 9.26 Å². The molecule has 0 fully saturated rings. The molecule has 0 aromatic rings. The van der Waals surface area contributed by atoms with Crippen molar-refractivity contribution >= 4 is 8.60 Å². The highest BCUT2D eigenvalue weighted by Crippen LogP contribution is 2.23. The average Bonchev–Trinajstić information content (AvgIpc) is 2.23. The number of hydrogen-bond donors (Lipinski definition) is 3. The van der Waals surface area contributed by atoms with Crippen LogP contribution in [0.2, 0.25) is 0 Å². The van der Waals surface area contributed by atoms with E-state index in [1.54, 1.807) is 0 Å². The summed E-state index contributed by atoms with van der Waals surface area (Å²) < 4.78 is 9.10. The van der Waals surface area contributed by atoms with E-state index in [-0.39, 0.29) is 26.4 Å². The molecule has 0 spiro atoms. The van der Waals surface area contributed by atoms with Gasteiger partial charge in [-0.2, -0.15) is 0 Å². The Morgan fingerprint density at radius 2 is 1.43 bits per heavy atom. The van der Waals surface area contributed by atoms with Crippen LogP contribution < -0.4 is 0 Å². The quantitative estimate of drug-likeness (QED) is 0.355. The van der Waals surface area contributed by atoms with Gasteiger partial charge in [-0.1, -0.05) is 0 Å². The molecule has 0 amide bonds. The van der Waals surface area contributed by atoms with E-state index in [2.05, 4.69) is 30.8 Å². The summed E-state index contributed by atoms with van der Waals surface area (Å²) in [6, 6.07) is 0. The molecule has 0 heterocycles. The van der Waals surface area contributed by atoms with Crippen molar-refractivity contribution in [3.63, 3.8) is 0 Å². The number of ether oxygens (including phenoxy) is 1. The second kappa shape index (κ2) is 23.0. The first kappa shape index (κ1) is 19.3. The van der Waals surface area contributed by atoms with Crippen LogP contribution in [-0.4, -0.2) is 41.3 Å². The van der Waals surface area contributed by atoms with E-state index in [0.29, 0.717) is 0 Å². The molecule has 3 N–H and O–H groups in total. The maximum Gasteiger partial charge on any atom is 0.327 e. The Morgan fingerprint density at radius 1 is 0.929 bits per heavy atom. The van der Waals surface area contributed by atoms with Crippen molar-refractivity contribution in [2.24, 2.45) is 0 Å². The molecular formula is C8H19O5P. The summed E-state index contributed by atoms with van der Waals surface area (Å²) >= 11 is 0. The molecule has 0 aromatic carbocycles. The maximum atomic E-state index is 8.21. The molecule has 14 heavy (non-hydrogen) atoms. The lowest BCUT2D eigenvalue weighted by Crippen LogP contribution is -2.05. The predicted molar refractivity (Wildman–Crippen MR) is 57.7 cm³/mol. The molecule has 0 rings (SSSR count). The zero-order valence-corrected chi connectivity index (χ0v) is 9.16. The van der Waals surface area contributed by atoms with Gasteiger partial charge in [0.2, 0.25) is 0 Å². The van der Waals surface area contributed by atoms with Crippen LogP contribution in [0, 0.1) is 0 Å². The van der Waals surface area contributed by atoms with E-state index in [4.69, 9.17) is 19.6 Å². The molecule has 0 unspecified atom stereocenters. The monoisotopic (exact) mass is 226 g/mol. The Bertz CT molecular complexity index is 89.8. The molecule has 0 aliphatic carbocycles. The molecule has 0 atom stereocenters. The number of aliphatic hydroxyl groups is 1. The molecule has 0 saturated heterocycles. The highest BCUT2D eigenvalue weighted by atomic mass is 31.2. The minimum absolute atomic E-state index is 0.0347. The summed E-state index contributed by atoms with van der Waals surface area (Å²) in [6.07, 6.45) is 0. The Balaban J connectivity index is -0.000000266. The summed E-state index contributed by atoms with van der Waals surface area (Å²) in [4.78, 5) is 16.4. The van der Waals surface area contributed by atoms with Crippen molar-refractivity contribution in [3.05, 3.63) is 26.3 Å². The summed E-state index contributed by atoms with van der Waals surface area (Å²) in [7, 11) is -2.26. The smallest absolute Gasteiger partial charge is 0.327 e. The van der Waals surface area contributed by atoms with E-state index >= 15 is 0 Å². The molecule has 5 nitrogen and oxygen atoms in total. The average molecular weight is 226 g/mol. The second-order valence-corrected chi connectivity index (χ2v) is 2.19.